The monoisotopic (exact) mass is 536 g/mol. The Hall–Kier alpha value is -1.42. The summed E-state index contributed by atoms with van der Waals surface area (Å²) in [6.07, 6.45) is 3.99. The Morgan fingerprint density at radius 2 is 1.90 bits per heavy atom. The lowest BCUT2D eigenvalue weighted by Crippen LogP contribution is -2.49. The second-order valence-electron chi connectivity index (χ2n) is 7.57. The SMILES string of the molecule is CN=C(NCc1cc(Cl)c2c(c1)OCCO2)NCC1(C(=O)N(C)C)CCCC1.I. The summed E-state index contributed by atoms with van der Waals surface area (Å²) in [5, 5.41) is 7.17. The number of ether oxygens (including phenoxy) is 2. The van der Waals surface area contributed by atoms with Gasteiger partial charge in [-0.05, 0) is 30.5 Å². The summed E-state index contributed by atoms with van der Waals surface area (Å²) in [7, 11) is 5.36. The first-order valence-electron chi connectivity index (χ1n) is 9.69. The van der Waals surface area contributed by atoms with Crippen molar-refractivity contribution in [1.29, 1.82) is 0 Å². The van der Waals surface area contributed by atoms with Crippen LogP contribution in [0.2, 0.25) is 5.02 Å². The summed E-state index contributed by atoms with van der Waals surface area (Å²) in [4.78, 5) is 18.7. The van der Waals surface area contributed by atoms with Crippen molar-refractivity contribution in [3.8, 4) is 11.5 Å². The lowest BCUT2D eigenvalue weighted by Gasteiger charge is -2.31. The molecule has 1 aromatic rings. The number of carbonyl (C=O) groups is 1. The van der Waals surface area contributed by atoms with Gasteiger partial charge in [0.15, 0.2) is 17.5 Å². The molecule has 3 rings (SSSR count). The fourth-order valence-electron chi connectivity index (χ4n) is 3.92. The Labute approximate surface area is 194 Å². The number of benzene rings is 1. The van der Waals surface area contributed by atoms with Crippen LogP contribution in [0.3, 0.4) is 0 Å². The number of halogens is 2. The van der Waals surface area contributed by atoms with E-state index in [1.807, 2.05) is 26.2 Å². The zero-order valence-electron chi connectivity index (χ0n) is 17.2. The van der Waals surface area contributed by atoms with Gasteiger partial charge in [-0.2, -0.15) is 0 Å². The van der Waals surface area contributed by atoms with Gasteiger partial charge < -0.3 is 25.0 Å². The van der Waals surface area contributed by atoms with Gasteiger partial charge in [-0.25, -0.2) is 0 Å². The number of amides is 1. The number of guanidine groups is 1. The maximum absolute atomic E-state index is 12.7. The molecule has 162 valence electrons. The number of hydrogen-bond acceptors (Lipinski definition) is 4. The Kier molecular flexibility index (Phi) is 8.69. The predicted octanol–water partition coefficient (Wildman–Crippen LogP) is 3.04. The largest absolute Gasteiger partial charge is 0.486 e. The van der Waals surface area contributed by atoms with Crippen LogP contribution in [0.25, 0.3) is 0 Å². The van der Waals surface area contributed by atoms with E-state index in [2.05, 4.69) is 15.6 Å². The molecule has 1 heterocycles. The van der Waals surface area contributed by atoms with Gasteiger partial charge in [0.1, 0.15) is 13.2 Å². The first-order valence-corrected chi connectivity index (χ1v) is 10.1. The molecule has 0 aromatic heterocycles. The molecule has 2 aliphatic rings. The highest BCUT2D eigenvalue weighted by Crippen LogP contribution is 2.39. The van der Waals surface area contributed by atoms with E-state index >= 15 is 0 Å². The number of hydrogen-bond donors (Lipinski definition) is 2. The van der Waals surface area contributed by atoms with Crippen molar-refractivity contribution >= 4 is 47.4 Å². The molecule has 0 saturated heterocycles. The molecule has 2 N–H and O–H groups in total. The third kappa shape index (κ3) is 5.59. The molecule has 0 unspecified atom stereocenters. The molecular weight excluding hydrogens is 507 g/mol. The van der Waals surface area contributed by atoms with Crippen molar-refractivity contribution in [1.82, 2.24) is 15.5 Å². The maximum Gasteiger partial charge on any atom is 0.230 e. The summed E-state index contributed by atoms with van der Waals surface area (Å²) in [5.74, 6) is 2.11. The van der Waals surface area contributed by atoms with Gasteiger partial charge in [-0.15, -0.1) is 24.0 Å². The van der Waals surface area contributed by atoms with Crippen LogP contribution in [0.15, 0.2) is 17.1 Å². The molecule has 1 aliphatic heterocycles. The smallest absolute Gasteiger partial charge is 0.230 e. The normalized spacial score (nSPS) is 17.3. The van der Waals surface area contributed by atoms with Crippen molar-refractivity contribution in [3.05, 3.63) is 22.7 Å². The van der Waals surface area contributed by atoms with Crippen molar-refractivity contribution < 1.29 is 14.3 Å². The third-order valence-corrected chi connectivity index (χ3v) is 5.64. The fourth-order valence-corrected chi connectivity index (χ4v) is 4.21. The van der Waals surface area contributed by atoms with Gasteiger partial charge in [-0.3, -0.25) is 9.79 Å². The number of nitrogens with one attached hydrogen (secondary N) is 2. The average Bonchev–Trinajstić information content (AvgIpc) is 3.17. The topological polar surface area (TPSA) is 75.2 Å². The van der Waals surface area contributed by atoms with Crippen molar-refractivity contribution in [2.24, 2.45) is 10.4 Å². The molecule has 1 aliphatic carbocycles. The molecule has 1 fully saturated rings. The summed E-state index contributed by atoms with van der Waals surface area (Å²) < 4.78 is 11.2. The van der Waals surface area contributed by atoms with Crippen LogP contribution < -0.4 is 20.1 Å². The first-order chi connectivity index (χ1) is 13.4. The highest BCUT2D eigenvalue weighted by atomic mass is 127. The molecule has 0 bridgehead atoms. The van der Waals surface area contributed by atoms with Crippen LogP contribution in [0.4, 0.5) is 0 Å². The second kappa shape index (κ2) is 10.6. The first kappa shape index (κ1) is 23.9. The Balaban J connectivity index is 0.00000300. The summed E-state index contributed by atoms with van der Waals surface area (Å²) >= 11 is 6.31. The molecule has 0 spiro atoms. The van der Waals surface area contributed by atoms with E-state index in [0.29, 0.717) is 48.8 Å². The fraction of sp³-hybridized carbons (Fsp3) is 0.600. The zero-order valence-corrected chi connectivity index (χ0v) is 20.3. The summed E-state index contributed by atoms with van der Waals surface area (Å²) in [6, 6.07) is 3.79. The minimum atomic E-state index is -0.346. The van der Waals surface area contributed by atoms with Gasteiger partial charge in [-0.1, -0.05) is 24.4 Å². The minimum absolute atomic E-state index is 0. The van der Waals surface area contributed by atoms with Crippen molar-refractivity contribution in [3.63, 3.8) is 0 Å². The highest BCUT2D eigenvalue weighted by molar-refractivity contribution is 14.0. The Bertz CT molecular complexity index is 751. The number of aliphatic imine (C=N–C) groups is 1. The molecule has 1 aromatic carbocycles. The second-order valence-corrected chi connectivity index (χ2v) is 7.98. The van der Waals surface area contributed by atoms with E-state index in [-0.39, 0.29) is 35.3 Å². The van der Waals surface area contributed by atoms with E-state index in [0.717, 1.165) is 31.2 Å². The Morgan fingerprint density at radius 1 is 1.21 bits per heavy atom. The van der Waals surface area contributed by atoms with Crippen LogP contribution in [-0.4, -0.2) is 57.7 Å². The van der Waals surface area contributed by atoms with Gasteiger partial charge in [0, 0.05) is 34.2 Å². The van der Waals surface area contributed by atoms with Gasteiger partial charge in [0.25, 0.3) is 0 Å². The van der Waals surface area contributed by atoms with Gasteiger partial charge in [0.05, 0.1) is 10.4 Å². The molecule has 1 amide bonds. The van der Waals surface area contributed by atoms with E-state index in [1.165, 1.54) is 0 Å². The van der Waals surface area contributed by atoms with Crippen LogP contribution in [0.5, 0.6) is 11.5 Å². The number of carbonyl (C=O) groups excluding carboxylic acids is 1. The summed E-state index contributed by atoms with van der Waals surface area (Å²) in [5.41, 5.74) is 0.624. The van der Waals surface area contributed by atoms with Crippen molar-refractivity contribution in [2.45, 2.75) is 32.2 Å². The lowest BCUT2D eigenvalue weighted by molar-refractivity contribution is -0.138. The lowest BCUT2D eigenvalue weighted by atomic mass is 9.84. The number of nitrogens with zero attached hydrogens (tertiary/aromatic N) is 2. The summed E-state index contributed by atoms with van der Waals surface area (Å²) in [6.45, 7) is 2.13. The Morgan fingerprint density at radius 3 is 2.55 bits per heavy atom. The molecule has 7 nitrogen and oxygen atoms in total. The molecule has 29 heavy (non-hydrogen) atoms. The van der Waals surface area contributed by atoms with Crippen LogP contribution >= 0.6 is 35.6 Å². The predicted molar refractivity (Wildman–Crippen MR) is 126 cm³/mol. The van der Waals surface area contributed by atoms with Crippen LogP contribution in [-0.2, 0) is 11.3 Å². The zero-order chi connectivity index (χ0) is 20.1. The third-order valence-electron chi connectivity index (χ3n) is 5.35. The highest BCUT2D eigenvalue weighted by Gasteiger charge is 2.42. The molecule has 1 saturated carbocycles. The van der Waals surface area contributed by atoms with Crippen LogP contribution in [0.1, 0.15) is 31.2 Å². The van der Waals surface area contributed by atoms with E-state index < -0.39 is 0 Å². The van der Waals surface area contributed by atoms with E-state index in [9.17, 15) is 4.79 Å². The molecule has 0 atom stereocenters. The van der Waals surface area contributed by atoms with E-state index in [4.69, 9.17) is 21.1 Å². The van der Waals surface area contributed by atoms with Crippen LogP contribution in [0, 0.1) is 5.41 Å². The minimum Gasteiger partial charge on any atom is -0.486 e. The van der Waals surface area contributed by atoms with Crippen molar-refractivity contribution in [2.75, 3.05) is 40.9 Å². The van der Waals surface area contributed by atoms with Gasteiger partial charge >= 0.3 is 0 Å². The molecular formula is C20H30ClIN4O3. The molecule has 9 heteroatoms. The average molecular weight is 537 g/mol. The molecule has 0 radical (unpaired) electrons. The standard InChI is InChI=1S/C20H29ClN4O3.HI/c1-22-19(24-13-20(6-4-5-7-20)18(26)25(2)3)23-12-14-10-15(21)17-16(11-14)27-8-9-28-17;/h10-11H,4-9,12-13H2,1-3H3,(H2,22,23,24);1H. The number of rotatable bonds is 5. The van der Waals surface area contributed by atoms with Gasteiger partial charge in [0.2, 0.25) is 5.91 Å². The number of fused-ring (bicyclic) bond motifs is 1. The maximum atomic E-state index is 12.7. The van der Waals surface area contributed by atoms with E-state index in [1.54, 1.807) is 11.9 Å². The quantitative estimate of drug-likeness (QED) is 0.344.